The zero-order chi connectivity index (χ0) is 28.3. The molecule has 3 aromatic rings. The Morgan fingerprint density at radius 1 is 1.18 bits per heavy atom. The average Bonchev–Trinajstić information content (AvgIpc) is 3.22. The quantitative estimate of drug-likeness (QED) is 0.497. The van der Waals surface area contributed by atoms with Crippen LogP contribution in [0.4, 0.5) is 20.7 Å². The standard InChI is InChI=1S/C24H30FN5O4S.O2S/c1-15-6-7-19(18(25)12-15)28-22-21-20(26-14-27-22)17(13-30(21)35(5,32)33)16-8-10-29(11-9-16)23(31)34-24(2,3)4;1-3-2/h6-7,12-14,16H,8-11H2,1-5H3,(H,26,27,28);. The van der Waals surface area contributed by atoms with Crippen molar-refractivity contribution in [2.75, 3.05) is 24.7 Å². The fraction of sp³-hybridized carbons (Fsp3) is 0.458. The Morgan fingerprint density at radius 2 is 1.82 bits per heavy atom. The molecule has 0 saturated carbocycles. The molecule has 1 N–H and O–H groups in total. The monoisotopic (exact) mass is 567 g/mol. The van der Waals surface area contributed by atoms with Gasteiger partial charge in [0.25, 0.3) is 0 Å². The Balaban J connectivity index is 0.00000127. The van der Waals surface area contributed by atoms with Crippen LogP contribution < -0.4 is 5.32 Å². The lowest BCUT2D eigenvalue weighted by Gasteiger charge is -2.33. The van der Waals surface area contributed by atoms with Gasteiger partial charge >= 0.3 is 17.7 Å². The van der Waals surface area contributed by atoms with Crippen molar-refractivity contribution >= 4 is 50.2 Å². The van der Waals surface area contributed by atoms with E-state index >= 15 is 0 Å². The van der Waals surface area contributed by atoms with Crippen LogP contribution in [-0.2, 0) is 26.3 Å². The molecule has 2 aromatic heterocycles. The summed E-state index contributed by atoms with van der Waals surface area (Å²) < 4.78 is 63.0. The number of anilines is 2. The second kappa shape index (κ2) is 11.6. The number of ether oxygens (including phenoxy) is 1. The number of carbonyl (C=O) groups is 1. The first-order valence-electron chi connectivity index (χ1n) is 11.7. The van der Waals surface area contributed by atoms with E-state index in [1.54, 1.807) is 30.2 Å². The number of nitrogens with one attached hydrogen (secondary N) is 1. The summed E-state index contributed by atoms with van der Waals surface area (Å²) in [4.78, 5) is 22.7. The number of fused-ring (bicyclic) bond motifs is 1. The van der Waals surface area contributed by atoms with E-state index in [0.717, 1.165) is 21.4 Å². The highest BCUT2D eigenvalue weighted by atomic mass is 32.2. The van der Waals surface area contributed by atoms with E-state index in [9.17, 15) is 17.6 Å². The van der Waals surface area contributed by atoms with Crippen molar-refractivity contribution in [2.45, 2.75) is 52.1 Å². The molecule has 1 fully saturated rings. The van der Waals surface area contributed by atoms with Crippen LogP contribution in [-0.4, -0.2) is 66.7 Å². The Morgan fingerprint density at radius 3 is 2.37 bits per heavy atom. The first-order chi connectivity index (χ1) is 17.7. The van der Waals surface area contributed by atoms with Crippen molar-refractivity contribution in [2.24, 2.45) is 0 Å². The maximum atomic E-state index is 14.5. The molecular formula is C24H30FN5O6S2. The first-order valence-corrected chi connectivity index (χ1v) is 14.3. The number of hydrogen-bond donors (Lipinski definition) is 1. The smallest absolute Gasteiger partial charge is 0.410 e. The Hall–Kier alpha value is -3.39. The van der Waals surface area contributed by atoms with Gasteiger partial charge in [-0.3, -0.25) is 0 Å². The average molecular weight is 568 g/mol. The zero-order valence-corrected chi connectivity index (χ0v) is 23.4. The summed E-state index contributed by atoms with van der Waals surface area (Å²) in [5.74, 6) is -0.289. The van der Waals surface area contributed by atoms with Crippen LogP contribution in [0, 0.1) is 12.7 Å². The summed E-state index contributed by atoms with van der Waals surface area (Å²) in [6.45, 7) is 8.22. The molecular weight excluding hydrogens is 537 g/mol. The third kappa shape index (κ3) is 6.92. The normalized spacial score (nSPS) is 14.5. The third-order valence-electron chi connectivity index (χ3n) is 5.89. The molecule has 0 atom stereocenters. The van der Waals surface area contributed by atoms with Gasteiger partial charge in [0.05, 0.1) is 17.5 Å². The van der Waals surface area contributed by atoms with Gasteiger partial charge in [-0.15, -0.1) is 0 Å². The zero-order valence-electron chi connectivity index (χ0n) is 21.7. The predicted octanol–water partition coefficient (Wildman–Crippen LogP) is 3.87. The number of benzene rings is 1. The minimum absolute atomic E-state index is 0.0157. The number of rotatable bonds is 4. The lowest BCUT2D eigenvalue weighted by Crippen LogP contribution is -2.41. The van der Waals surface area contributed by atoms with E-state index in [2.05, 4.69) is 15.3 Å². The summed E-state index contributed by atoms with van der Waals surface area (Å²) in [6.07, 6.45) is 4.90. The molecule has 1 aliphatic rings. The summed E-state index contributed by atoms with van der Waals surface area (Å²) >= 11 is -0.750. The van der Waals surface area contributed by atoms with Crippen molar-refractivity contribution in [1.82, 2.24) is 18.8 Å². The van der Waals surface area contributed by atoms with Crippen molar-refractivity contribution in [3.63, 3.8) is 0 Å². The molecule has 11 nitrogen and oxygen atoms in total. The SMILES string of the molecule is Cc1ccc(Nc2ncnc3c(C4CCN(C(=O)OC(C)(C)C)CC4)cn(S(C)(=O)=O)c23)c(F)c1.O=S=O. The Bertz CT molecular complexity index is 1470. The van der Waals surface area contributed by atoms with Crippen LogP contribution in [0.2, 0.25) is 0 Å². The van der Waals surface area contributed by atoms with Crippen molar-refractivity contribution in [1.29, 1.82) is 0 Å². The maximum absolute atomic E-state index is 14.5. The van der Waals surface area contributed by atoms with E-state index in [-0.39, 0.29) is 29.0 Å². The molecule has 0 radical (unpaired) electrons. The topological polar surface area (TPSA) is 141 Å². The van der Waals surface area contributed by atoms with Gasteiger partial charge in [0, 0.05) is 24.8 Å². The molecule has 0 spiro atoms. The highest BCUT2D eigenvalue weighted by molar-refractivity contribution is 7.89. The molecule has 0 bridgehead atoms. The van der Waals surface area contributed by atoms with E-state index in [1.807, 2.05) is 20.8 Å². The second-order valence-corrected chi connectivity index (χ2v) is 12.0. The second-order valence-electron chi connectivity index (χ2n) is 9.98. The molecule has 3 heterocycles. The largest absolute Gasteiger partial charge is 0.444 e. The summed E-state index contributed by atoms with van der Waals surface area (Å²) in [5.41, 5.74) is 1.87. The molecule has 1 saturated heterocycles. The highest BCUT2D eigenvalue weighted by Gasteiger charge is 2.31. The number of aromatic nitrogens is 3. The maximum Gasteiger partial charge on any atom is 0.410 e. The van der Waals surface area contributed by atoms with Crippen LogP contribution in [0.15, 0.2) is 30.7 Å². The molecule has 1 aliphatic heterocycles. The van der Waals surface area contributed by atoms with Crippen LogP contribution in [0.25, 0.3) is 11.0 Å². The lowest BCUT2D eigenvalue weighted by atomic mass is 9.90. The summed E-state index contributed by atoms with van der Waals surface area (Å²) in [7, 11) is -3.71. The molecule has 1 amide bonds. The molecule has 38 heavy (non-hydrogen) atoms. The number of piperidine rings is 1. The van der Waals surface area contributed by atoms with Crippen LogP contribution in [0.1, 0.15) is 50.7 Å². The molecule has 14 heteroatoms. The number of amides is 1. The number of hydrogen-bond acceptors (Lipinski definition) is 9. The Kier molecular flexibility index (Phi) is 8.87. The van der Waals surface area contributed by atoms with Crippen molar-refractivity contribution < 1.29 is 30.8 Å². The molecule has 0 aliphatic carbocycles. The minimum Gasteiger partial charge on any atom is -0.444 e. The van der Waals surface area contributed by atoms with Gasteiger partial charge in [0.15, 0.2) is 5.82 Å². The van der Waals surface area contributed by atoms with E-state index in [4.69, 9.17) is 13.2 Å². The van der Waals surface area contributed by atoms with Crippen molar-refractivity contribution in [3.05, 3.63) is 47.7 Å². The number of halogens is 1. The van der Waals surface area contributed by atoms with Gasteiger partial charge in [0.2, 0.25) is 10.0 Å². The number of likely N-dealkylation sites (tertiary alicyclic amines) is 1. The summed E-state index contributed by atoms with van der Waals surface area (Å²) in [5, 5.41) is 2.93. The van der Waals surface area contributed by atoms with Crippen LogP contribution in [0.5, 0.6) is 0 Å². The summed E-state index contributed by atoms with van der Waals surface area (Å²) in [6, 6.07) is 4.73. The number of nitrogens with zero attached hydrogens (tertiary/aromatic N) is 4. The van der Waals surface area contributed by atoms with E-state index < -0.39 is 33.0 Å². The van der Waals surface area contributed by atoms with Gasteiger partial charge in [0.1, 0.15) is 23.3 Å². The fourth-order valence-corrected chi connectivity index (χ4v) is 5.06. The van der Waals surface area contributed by atoms with Gasteiger partial charge in [-0.2, -0.15) is 8.42 Å². The van der Waals surface area contributed by atoms with Crippen molar-refractivity contribution in [3.8, 4) is 0 Å². The van der Waals surface area contributed by atoms with Gasteiger partial charge in [-0.25, -0.2) is 31.5 Å². The minimum atomic E-state index is -3.71. The van der Waals surface area contributed by atoms with Gasteiger partial charge < -0.3 is 15.0 Å². The molecule has 4 rings (SSSR count). The van der Waals surface area contributed by atoms with E-state index in [1.165, 1.54) is 12.4 Å². The highest BCUT2D eigenvalue weighted by Crippen LogP contribution is 2.37. The van der Waals surface area contributed by atoms with Gasteiger partial charge in [-0.05, 0) is 64.2 Å². The van der Waals surface area contributed by atoms with Crippen LogP contribution >= 0.6 is 0 Å². The lowest BCUT2D eigenvalue weighted by molar-refractivity contribution is 0.0205. The number of carbonyl (C=O) groups excluding carboxylic acids is 1. The molecule has 1 aromatic carbocycles. The fourth-order valence-electron chi connectivity index (χ4n) is 4.25. The van der Waals surface area contributed by atoms with Gasteiger partial charge in [-0.1, -0.05) is 6.07 Å². The third-order valence-corrected chi connectivity index (χ3v) is 6.90. The first kappa shape index (κ1) is 29.2. The Labute approximate surface area is 224 Å². The molecule has 0 unspecified atom stereocenters. The predicted molar refractivity (Wildman–Crippen MR) is 141 cm³/mol. The number of aryl methyl sites for hydroxylation is 1. The van der Waals surface area contributed by atoms with E-state index in [0.29, 0.717) is 31.4 Å². The van der Waals surface area contributed by atoms with Crippen LogP contribution in [0.3, 0.4) is 0 Å². The molecule has 206 valence electrons.